The Kier molecular flexibility index (Phi) is 4.72. The van der Waals surface area contributed by atoms with Gasteiger partial charge in [-0.2, -0.15) is 4.13 Å². The molecule has 0 aromatic carbocycles. The molecule has 1 aliphatic rings. The van der Waals surface area contributed by atoms with E-state index in [2.05, 4.69) is 17.3 Å². The predicted octanol–water partition coefficient (Wildman–Crippen LogP) is 3.86. The van der Waals surface area contributed by atoms with Crippen molar-refractivity contribution >= 4 is 48.5 Å². The minimum absolute atomic E-state index is 0.705. The normalized spacial score (nSPS) is 12.7. The van der Waals surface area contributed by atoms with Gasteiger partial charge in [-0.05, 0) is 36.1 Å². The highest BCUT2D eigenvalue weighted by Gasteiger charge is 2.21. The Morgan fingerprint density at radius 1 is 1.13 bits per heavy atom. The molecule has 3 nitrogen and oxygen atoms in total. The first-order chi connectivity index (χ1) is 7.29. The van der Waals surface area contributed by atoms with Gasteiger partial charge in [0.2, 0.25) is 0 Å². The molecule has 0 saturated carbocycles. The van der Waals surface area contributed by atoms with Gasteiger partial charge in [0.25, 0.3) is 0 Å². The lowest BCUT2D eigenvalue weighted by molar-refractivity contribution is 0.974. The molecule has 6 heteroatoms. The second-order valence-corrected chi connectivity index (χ2v) is 4.50. The standard InChI is InChI=1S/C7H7N3S3.C2H6/c1-3-9-5-6(13-8-12-5)10(4-2)7(9)11;1-2/h3-4,8H,1-2H2;1-2H3. The Bertz CT molecular complexity index is 394. The fourth-order valence-electron chi connectivity index (χ4n) is 1.10. The molecule has 1 aliphatic heterocycles. The molecule has 1 N–H and O–H groups in total. The van der Waals surface area contributed by atoms with Gasteiger partial charge in [-0.3, -0.25) is 9.13 Å². The second-order valence-electron chi connectivity index (χ2n) is 2.29. The van der Waals surface area contributed by atoms with Gasteiger partial charge < -0.3 is 0 Å². The first-order valence-corrected chi connectivity index (χ1v) is 6.54. The summed E-state index contributed by atoms with van der Waals surface area (Å²) in [5.41, 5.74) is 0. The van der Waals surface area contributed by atoms with Crippen LogP contribution in [0.4, 0.5) is 0 Å². The van der Waals surface area contributed by atoms with Crippen LogP contribution in [-0.4, -0.2) is 9.13 Å². The highest BCUT2D eigenvalue weighted by atomic mass is 32.2. The van der Waals surface area contributed by atoms with Crippen molar-refractivity contribution in [3.63, 3.8) is 0 Å². The molecule has 0 atom stereocenters. The Labute approximate surface area is 104 Å². The van der Waals surface area contributed by atoms with Crippen LogP contribution in [-0.2, 0) is 0 Å². The number of aromatic nitrogens is 2. The lowest BCUT2D eigenvalue weighted by Gasteiger charge is -1.97. The molecule has 0 unspecified atom stereocenters. The van der Waals surface area contributed by atoms with Crippen LogP contribution in [0.3, 0.4) is 0 Å². The van der Waals surface area contributed by atoms with Gasteiger partial charge in [-0.25, -0.2) is 0 Å². The molecule has 15 heavy (non-hydrogen) atoms. The molecule has 82 valence electrons. The summed E-state index contributed by atoms with van der Waals surface area (Å²) < 4.78 is 7.53. The molecule has 0 amide bonds. The van der Waals surface area contributed by atoms with Gasteiger partial charge in [0.1, 0.15) is 10.1 Å². The zero-order valence-electron chi connectivity index (χ0n) is 8.69. The van der Waals surface area contributed by atoms with E-state index in [1.165, 1.54) is 23.9 Å². The average molecular weight is 259 g/mol. The molecule has 0 spiro atoms. The van der Waals surface area contributed by atoms with Crippen LogP contribution >= 0.6 is 36.1 Å². The molecule has 2 heterocycles. The summed E-state index contributed by atoms with van der Waals surface area (Å²) in [6, 6.07) is 0. The number of imidazole rings is 1. The molecule has 1 aromatic heterocycles. The fraction of sp³-hybridized carbons (Fsp3) is 0.222. The summed E-state index contributed by atoms with van der Waals surface area (Å²) in [4.78, 5) is 0. The summed E-state index contributed by atoms with van der Waals surface area (Å²) in [6.07, 6.45) is 3.42. The van der Waals surface area contributed by atoms with Crippen LogP contribution in [0.1, 0.15) is 13.8 Å². The quantitative estimate of drug-likeness (QED) is 0.643. The van der Waals surface area contributed by atoms with Crippen molar-refractivity contribution < 1.29 is 0 Å². The van der Waals surface area contributed by atoms with E-state index in [9.17, 15) is 0 Å². The summed E-state index contributed by atoms with van der Waals surface area (Å²) in [5.74, 6) is 0. The first kappa shape index (κ1) is 12.6. The molecule has 0 radical (unpaired) electrons. The number of fused-ring (bicyclic) bond motifs is 1. The maximum Gasteiger partial charge on any atom is 0.190 e. The molecule has 1 aromatic rings. The molecule has 0 bridgehead atoms. The van der Waals surface area contributed by atoms with Crippen molar-refractivity contribution in [3.05, 3.63) is 17.9 Å². The van der Waals surface area contributed by atoms with E-state index in [-0.39, 0.29) is 0 Å². The van der Waals surface area contributed by atoms with E-state index in [0.717, 1.165) is 10.1 Å². The smallest absolute Gasteiger partial charge is 0.190 e. The number of nitrogens with one attached hydrogen (secondary N) is 1. The molecule has 2 rings (SSSR count). The third-order valence-corrected chi connectivity index (χ3v) is 4.03. The number of hydrogen-bond acceptors (Lipinski definition) is 4. The third kappa shape index (κ3) is 2.08. The van der Waals surface area contributed by atoms with Gasteiger partial charge in [0, 0.05) is 12.4 Å². The second kappa shape index (κ2) is 5.60. The molecular formula is C9H13N3S3. The van der Waals surface area contributed by atoms with Gasteiger partial charge in [0.05, 0.1) is 0 Å². The van der Waals surface area contributed by atoms with Crippen molar-refractivity contribution in [2.45, 2.75) is 23.9 Å². The van der Waals surface area contributed by atoms with Crippen LogP contribution in [0.5, 0.6) is 0 Å². The highest BCUT2D eigenvalue weighted by molar-refractivity contribution is 8.15. The van der Waals surface area contributed by atoms with E-state index in [1.54, 1.807) is 12.4 Å². The number of nitrogens with zero attached hydrogens (tertiary/aromatic N) is 2. The van der Waals surface area contributed by atoms with Crippen molar-refractivity contribution in [1.29, 1.82) is 0 Å². The van der Waals surface area contributed by atoms with E-state index in [0.29, 0.717) is 4.77 Å². The van der Waals surface area contributed by atoms with Gasteiger partial charge in [-0.15, -0.1) is 0 Å². The Morgan fingerprint density at radius 2 is 1.53 bits per heavy atom. The Morgan fingerprint density at radius 3 is 1.87 bits per heavy atom. The van der Waals surface area contributed by atoms with Crippen molar-refractivity contribution in [2.24, 2.45) is 0 Å². The van der Waals surface area contributed by atoms with E-state index in [4.69, 9.17) is 12.2 Å². The van der Waals surface area contributed by atoms with Gasteiger partial charge in [0.15, 0.2) is 4.77 Å². The lowest BCUT2D eigenvalue weighted by atomic mass is 10.8. The van der Waals surface area contributed by atoms with E-state index < -0.39 is 0 Å². The summed E-state index contributed by atoms with van der Waals surface area (Å²) in [6.45, 7) is 11.4. The van der Waals surface area contributed by atoms with Crippen molar-refractivity contribution in [3.8, 4) is 0 Å². The largest absolute Gasteiger partial charge is 0.285 e. The van der Waals surface area contributed by atoms with Crippen LogP contribution in [0.15, 0.2) is 23.2 Å². The maximum absolute atomic E-state index is 5.23. The zero-order valence-corrected chi connectivity index (χ0v) is 11.1. The third-order valence-electron chi connectivity index (χ3n) is 1.67. The summed E-state index contributed by atoms with van der Waals surface area (Å²) >= 11 is 8.31. The summed E-state index contributed by atoms with van der Waals surface area (Å²) in [7, 11) is 0. The fourth-order valence-corrected chi connectivity index (χ4v) is 3.49. The minimum Gasteiger partial charge on any atom is -0.285 e. The van der Waals surface area contributed by atoms with Crippen LogP contribution in [0.25, 0.3) is 12.4 Å². The maximum atomic E-state index is 5.23. The molecule has 0 aliphatic carbocycles. The van der Waals surface area contributed by atoms with Gasteiger partial charge in [-0.1, -0.05) is 27.0 Å². The Balaban J connectivity index is 0.000000531. The van der Waals surface area contributed by atoms with Crippen molar-refractivity contribution in [2.75, 3.05) is 0 Å². The van der Waals surface area contributed by atoms with Crippen LogP contribution in [0, 0.1) is 4.77 Å². The van der Waals surface area contributed by atoms with E-state index in [1.807, 2.05) is 23.0 Å². The summed E-state index contributed by atoms with van der Waals surface area (Å²) in [5, 5.41) is 2.15. The highest BCUT2D eigenvalue weighted by Crippen LogP contribution is 2.38. The lowest BCUT2D eigenvalue weighted by Crippen LogP contribution is -1.93. The first-order valence-electron chi connectivity index (χ1n) is 4.50. The van der Waals surface area contributed by atoms with Crippen LogP contribution < -0.4 is 4.13 Å². The minimum atomic E-state index is 0.705. The molecule has 0 saturated heterocycles. The van der Waals surface area contributed by atoms with Crippen molar-refractivity contribution in [1.82, 2.24) is 13.3 Å². The van der Waals surface area contributed by atoms with Crippen LogP contribution in [0.2, 0.25) is 0 Å². The SMILES string of the molecule is C=Cn1c2c(n(C=C)c1=S)SNS2.CC. The number of hydrogen-bond donors (Lipinski definition) is 1. The topological polar surface area (TPSA) is 21.9 Å². The van der Waals surface area contributed by atoms with Gasteiger partial charge >= 0.3 is 0 Å². The predicted molar refractivity (Wildman–Crippen MR) is 72.2 cm³/mol. The average Bonchev–Trinajstić information content (AvgIpc) is 2.80. The Hall–Kier alpha value is -0.430. The number of rotatable bonds is 2. The molecule has 0 fully saturated rings. The zero-order chi connectivity index (χ0) is 11.4. The van der Waals surface area contributed by atoms with E-state index >= 15 is 0 Å². The monoisotopic (exact) mass is 259 g/mol. The molecular weight excluding hydrogens is 246 g/mol.